The van der Waals surface area contributed by atoms with Gasteiger partial charge in [0, 0.05) is 17.3 Å². The molecule has 1 atom stereocenters. The zero-order valence-corrected chi connectivity index (χ0v) is 20.2. The van der Waals surface area contributed by atoms with Crippen molar-refractivity contribution in [1.29, 1.82) is 0 Å². The Balaban J connectivity index is 1.53. The van der Waals surface area contributed by atoms with Gasteiger partial charge >= 0.3 is 0 Å². The molecule has 0 saturated carbocycles. The number of carbonyl (C=O) groups excluding carboxylic acids is 2. The molecular formula is C26H24ClN3O3S. The van der Waals surface area contributed by atoms with Gasteiger partial charge in [-0.2, -0.15) is 0 Å². The maximum atomic E-state index is 13.5. The van der Waals surface area contributed by atoms with Gasteiger partial charge in [0.1, 0.15) is 11.8 Å². The second-order valence-corrected chi connectivity index (χ2v) is 8.66. The zero-order valence-electron chi connectivity index (χ0n) is 18.6. The molecule has 8 heteroatoms. The minimum absolute atomic E-state index is 0.0239. The third kappa shape index (κ3) is 5.38. The van der Waals surface area contributed by atoms with E-state index in [0.717, 1.165) is 5.56 Å². The summed E-state index contributed by atoms with van der Waals surface area (Å²) in [6, 6.07) is 23.2. The number of ether oxygens (including phenoxy) is 1. The van der Waals surface area contributed by atoms with E-state index < -0.39 is 6.04 Å². The summed E-state index contributed by atoms with van der Waals surface area (Å²) < 4.78 is 5.15. The van der Waals surface area contributed by atoms with Crippen molar-refractivity contribution in [3.8, 4) is 5.75 Å². The lowest BCUT2D eigenvalue weighted by atomic mass is 10.1. The van der Waals surface area contributed by atoms with Crippen LogP contribution in [0.4, 0.5) is 11.4 Å². The second-order valence-electron chi connectivity index (χ2n) is 7.86. The number of benzene rings is 3. The molecule has 0 radical (unpaired) electrons. The zero-order chi connectivity index (χ0) is 24.1. The first kappa shape index (κ1) is 23.7. The number of halogens is 1. The highest BCUT2D eigenvalue weighted by Gasteiger charge is 2.43. The van der Waals surface area contributed by atoms with Gasteiger partial charge in [-0.3, -0.25) is 14.5 Å². The Kier molecular flexibility index (Phi) is 7.45. The van der Waals surface area contributed by atoms with Crippen molar-refractivity contribution in [2.24, 2.45) is 0 Å². The summed E-state index contributed by atoms with van der Waals surface area (Å²) >= 11 is 11.7. The van der Waals surface area contributed by atoms with Crippen LogP contribution in [0.25, 0.3) is 0 Å². The van der Waals surface area contributed by atoms with Crippen LogP contribution in [0.15, 0.2) is 78.9 Å². The van der Waals surface area contributed by atoms with Gasteiger partial charge in [-0.1, -0.05) is 41.9 Å². The number of nitrogens with zero attached hydrogens (tertiary/aromatic N) is 2. The Bertz CT molecular complexity index is 1170. The fraction of sp³-hybridized carbons (Fsp3) is 0.192. The number of rotatable bonds is 8. The fourth-order valence-corrected chi connectivity index (χ4v) is 4.41. The molecule has 1 fully saturated rings. The van der Waals surface area contributed by atoms with E-state index in [1.165, 1.54) is 4.90 Å². The summed E-state index contributed by atoms with van der Waals surface area (Å²) in [6.07, 6.45) is 0.670. The lowest BCUT2D eigenvalue weighted by Crippen LogP contribution is -2.39. The SMILES string of the molecule is COc1ccc(NC(=O)CC2C(=O)N(c3ccc(Cl)cc3)C(=S)N2CCc2ccccc2)cc1. The maximum Gasteiger partial charge on any atom is 0.256 e. The van der Waals surface area contributed by atoms with E-state index in [0.29, 0.717) is 40.2 Å². The van der Waals surface area contributed by atoms with Crippen molar-refractivity contribution in [1.82, 2.24) is 4.90 Å². The molecule has 34 heavy (non-hydrogen) atoms. The van der Waals surface area contributed by atoms with Crippen molar-refractivity contribution < 1.29 is 14.3 Å². The predicted octanol–water partition coefficient (Wildman–Crippen LogP) is 4.92. The highest BCUT2D eigenvalue weighted by Crippen LogP contribution is 2.29. The van der Waals surface area contributed by atoms with E-state index in [2.05, 4.69) is 5.32 Å². The first-order chi connectivity index (χ1) is 16.5. The predicted molar refractivity (Wildman–Crippen MR) is 138 cm³/mol. The number of amides is 2. The molecule has 0 aliphatic carbocycles. The number of carbonyl (C=O) groups is 2. The molecule has 0 bridgehead atoms. The van der Waals surface area contributed by atoms with Crippen molar-refractivity contribution in [2.45, 2.75) is 18.9 Å². The van der Waals surface area contributed by atoms with Crippen LogP contribution in [0.5, 0.6) is 5.75 Å². The molecular weight excluding hydrogens is 470 g/mol. The van der Waals surface area contributed by atoms with Crippen LogP contribution in [0.2, 0.25) is 5.02 Å². The highest BCUT2D eigenvalue weighted by atomic mass is 35.5. The van der Waals surface area contributed by atoms with Crippen LogP contribution in [0.1, 0.15) is 12.0 Å². The fourth-order valence-electron chi connectivity index (χ4n) is 3.87. The molecule has 3 aromatic rings. The quantitative estimate of drug-likeness (QED) is 0.451. The average Bonchev–Trinajstić information content (AvgIpc) is 3.08. The van der Waals surface area contributed by atoms with Crippen molar-refractivity contribution >= 4 is 52.1 Å². The lowest BCUT2D eigenvalue weighted by Gasteiger charge is -2.24. The largest absolute Gasteiger partial charge is 0.497 e. The molecule has 174 valence electrons. The first-order valence-corrected chi connectivity index (χ1v) is 11.6. The third-order valence-electron chi connectivity index (χ3n) is 5.64. The van der Waals surface area contributed by atoms with Crippen molar-refractivity contribution in [3.63, 3.8) is 0 Å². The molecule has 4 rings (SSSR count). The summed E-state index contributed by atoms with van der Waals surface area (Å²) in [5.74, 6) is 0.194. The second kappa shape index (κ2) is 10.7. The molecule has 2 amide bonds. The smallest absolute Gasteiger partial charge is 0.256 e. The average molecular weight is 494 g/mol. The molecule has 3 aromatic carbocycles. The minimum Gasteiger partial charge on any atom is -0.497 e. The molecule has 1 aliphatic rings. The van der Waals surface area contributed by atoms with Gasteiger partial charge in [0.15, 0.2) is 5.11 Å². The number of anilines is 2. The van der Waals surface area contributed by atoms with Crippen LogP contribution in [0, 0.1) is 0 Å². The van der Waals surface area contributed by atoms with Gasteiger partial charge in [0.2, 0.25) is 5.91 Å². The van der Waals surface area contributed by atoms with E-state index in [9.17, 15) is 9.59 Å². The summed E-state index contributed by atoms with van der Waals surface area (Å²) in [7, 11) is 1.58. The summed E-state index contributed by atoms with van der Waals surface area (Å²) in [6.45, 7) is 0.513. The molecule has 6 nitrogen and oxygen atoms in total. The number of hydrogen-bond acceptors (Lipinski definition) is 4. The van der Waals surface area contributed by atoms with E-state index in [4.69, 9.17) is 28.6 Å². The highest BCUT2D eigenvalue weighted by molar-refractivity contribution is 7.80. The number of hydrogen-bond donors (Lipinski definition) is 1. The van der Waals surface area contributed by atoms with E-state index in [1.807, 2.05) is 35.2 Å². The topological polar surface area (TPSA) is 61.9 Å². The van der Waals surface area contributed by atoms with Gasteiger partial charge in [-0.25, -0.2) is 0 Å². The maximum absolute atomic E-state index is 13.5. The molecule has 1 saturated heterocycles. The summed E-state index contributed by atoms with van der Waals surface area (Å²) in [5.41, 5.74) is 2.38. The van der Waals surface area contributed by atoms with Crippen LogP contribution in [0.3, 0.4) is 0 Å². The van der Waals surface area contributed by atoms with Gasteiger partial charge in [-0.15, -0.1) is 0 Å². The van der Waals surface area contributed by atoms with Crippen LogP contribution >= 0.6 is 23.8 Å². The standard InChI is InChI=1S/C26H24ClN3O3S/c1-33-22-13-9-20(10-14-22)28-24(31)17-23-25(32)30(21-11-7-19(27)8-12-21)26(34)29(23)16-15-18-5-3-2-4-6-18/h2-14,23H,15-17H2,1H3,(H,28,31). The lowest BCUT2D eigenvalue weighted by molar-refractivity contribution is -0.124. The Morgan fingerprint density at radius 1 is 1.03 bits per heavy atom. The summed E-state index contributed by atoms with van der Waals surface area (Å²) in [5, 5.41) is 3.81. The van der Waals surface area contributed by atoms with Crippen LogP contribution in [-0.2, 0) is 16.0 Å². The molecule has 0 spiro atoms. The normalized spacial score (nSPS) is 15.5. The molecule has 1 N–H and O–H groups in total. The molecule has 1 heterocycles. The molecule has 1 unspecified atom stereocenters. The Labute approximate surface area is 209 Å². The van der Waals surface area contributed by atoms with Gasteiger partial charge in [0.25, 0.3) is 5.91 Å². The van der Waals surface area contributed by atoms with E-state index >= 15 is 0 Å². The Morgan fingerprint density at radius 3 is 2.35 bits per heavy atom. The van der Waals surface area contributed by atoms with Crippen molar-refractivity contribution in [3.05, 3.63) is 89.4 Å². The van der Waals surface area contributed by atoms with E-state index in [1.54, 1.807) is 55.6 Å². The first-order valence-electron chi connectivity index (χ1n) is 10.8. The number of methoxy groups -OCH3 is 1. The monoisotopic (exact) mass is 493 g/mol. The molecule has 1 aliphatic heterocycles. The van der Waals surface area contributed by atoms with Crippen LogP contribution in [-0.4, -0.2) is 41.5 Å². The van der Waals surface area contributed by atoms with Gasteiger partial charge in [0.05, 0.1) is 19.2 Å². The number of thiocarbonyl (C=S) groups is 1. The third-order valence-corrected chi connectivity index (χ3v) is 6.31. The van der Waals surface area contributed by atoms with E-state index in [-0.39, 0.29) is 18.2 Å². The Hall–Kier alpha value is -3.42. The van der Waals surface area contributed by atoms with Gasteiger partial charge < -0.3 is 15.0 Å². The van der Waals surface area contributed by atoms with Crippen LogP contribution < -0.4 is 15.0 Å². The minimum atomic E-state index is -0.704. The van der Waals surface area contributed by atoms with Gasteiger partial charge in [-0.05, 0) is 72.7 Å². The Morgan fingerprint density at radius 2 is 1.71 bits per heavy atom. The molecule has 0 aromatic heterocycles. The van der Waals surface area contributed by atoms with Crippen molar-refractivity contribution in [2.75, 3.05) is 23.9 Å². The number of nitrogens with one attached hydrogen (secondary N) is 1. The summed E-state index contributed by atoms with van der Waals surface area (Å²) in [4.78, 5) is 29.7.